The molecular formula is C7H13N3O2S2. The predicted octanol–water partition coefficient (Wildman–Crippen LogP) is -0.218. The fourth-order valence-corrected chi connectivity index (χ4v) is 2.03. The minimum atomic E-state index is -3.09. The van der Waals surface area contributed by atoms with E-state index in [1.165, 1.54) is 7.05 Å². The number of aromatic nitrogens is 1. The standard InChI is InChI=1S/C7H13N3O2S2/c1-8-14(11,12)3-2-9-4-7-5-10-6-13-7/h5-6,8-9H,2-4H2,1H3. The molecule has 0 radical (unpaired) electrons. The molecule has 5 nitrogen and oxygen atoms in total. The van der Waals surface area contributed by atoms with E-state index in [4.69, 9.17) is 0 Å². The van der Waals surface area contributed by atoms with Crippen molar-refractivity contribution in [2.24, 2.45) is 0 Å². The van der Waals surface area contributed by atoms with Crippen molar-refractivity contribution in [2.45, 2.75) is 6.54 Å². The van der Waals surface area contributed by atoms with Crippen LogP contribution in [0.5, 0.6) is 0 Å². The van der Waals surface area contributed by atoms with Gasteiger partial charge in [-0.3, -0.25) is 4.98 Å². The van der Waals surface area contributed by atoms with Crippen LogP contribution in [0.15, 0.2) is 11.7 Å². The molecule has 14 heavy (non-hydrogen) atoms. The Morgan fingerprint density at radius 2 is 2.36 bits per heavy atom. The van der Waals surface area contributed by atoms with Gasteiger partial charge in [0.15, 0.2) is 0 Å². The molecule has 2 N–H and O–H groups in total. The maximum Gasteiger partial charge on any atom is 0.212 e. The highest BCUT2D eigenvalue weighted by Gasteiger charge is 2.05. The van der Waals surface area contributed by atoms with Crippen molar-refractivity contribution in [3.05, 3.63) is 16.6 Å². The van der Waals surface area contributed by atoms with E-state index in [2.05, 4.69) is 15.0 Å². The van der Waals surface area contributed by atoms with E-state index in [1.54, 1.807) is 23.0 Å². The van der Waals surface area contributed by atoms with Crippen molar-refractivity contribution in [1.82, 2.24) is 15.0 Å². The molecule has 0 aliphatic heterocycles. The zero-order chi connectivity index (χ0) is 10.4. The number of nitrogens with zero attached hydrogens (tertiary/aromatic N) is 1. The summed E-state index contributed by atoms with van der Waals surface area (Å²) in [5.74, 6) is 0.0995. The Morgan fingerprint density at radius 1 is 1.57 bits per heavy atom. The van der Waals surface area contributed by atoms with Crippen molar-refractivity contribution >= 4 is 21.4 Å². The van der Waals surface area contributed by atoms with E-state index in [1.807, 2.05) is 0 Å². The minimum Gasteiger partial charge on any atom is -0.311 e. The maximum absolute atomic E-state index is 11.0. The zero-order valence-electron chi connectivity index (χ0n) is 7.86. The average molecular weight is 235 g/mol. The fraction of sp³-hybridized carbons (Fsp3) is 0.571. The van der Waals surface area contributed by atoms with Crippen LogP contribution in [-0.2, 0) is 16.6 Å². The molecule has 0 fully saturated rings. The van der Waals surface area contributed by atoms with Crippen LogP contribution >= 0.6 is 11.3 Å². The van der Waals surface area contributed by atoms with E-state index >= 15 is 0 Å². The number of nitrogens with one attached hydrogen (secondary N) is 2. The molecule has 0 saturated carbocycles. The molecule has 80 valence electrons. The first kappa shape index (κ1) is 11.6. The highest BCUT2D eigenvalue weighted by molar-refractivity contribution is 7.89. The van der Waals surface area contributed by atoms with Gasteiger partial charge in [0.25, 0.3) is 0 Å². The summed E-state index contributed by atoms with van der Waals surface area (Å²) >= 11 is 1.55. The van der Waals surface area contributed by atoms with Gasteiger partial charge in [-0.25, -0.2) is 13.1 Å². The summed E-state index contributed by atoms with van der Waals surface area (Å²) in [6, 6.07) is 0. The first-order valence-corrected chi connectivity index (χ1v) is 6.66. The number of hydrogen-bond acceptors (Lipinski definition) is 5. The van der Waals surface area contributed by atoms with Gasteiger partial charge in [0.2, 0.25) is 10.0 Å². The smallest absolute Gasteiger partial charge is 0.212 e. The molecular weight excluding hydrogens is 222 g/mol. The Bertz CT molecular complexity index is 347. The van der Waals surface area contributed by atoms with Crippen molar-refractivity contribution in [1.29, 1.82) is 0 Å². The van der Waals surface area contributed by atoms with Crippen LogP contribution < -0.4 is 10.0 Å². The Kier molecular flexibility index (Phi) is 4.46. The third kappa shape index (κ3) is 4.14. The van der Waals surface area contributed by atoms with Crippen molar-refractivity contribution in [2.75, 3.05) is 19.3 Å². The van der Waals surface area contributed by atoms with Gasteiger partial charge in [-0.1, -0.05) is 0 Å². The Labute approximate surface area is 87.6 Å². The second kappa shape index (κ2) is 5.40. The van der Waals surface area contributed by atoms with E-state index in [0.717, 1.165) is 4.88 Å². The molecule has 1 heterocycles. The molecule has 0 unspecified atom stereocenters. The van der Waals surface area contributed by atoms with Crippen LogP contribution in [0, 0.1) is 0 Å². The van der Waals surface area contributed by atoms with Gasteiger partial charge < -0.3 is 5.32 Å². The van der Waals surface area contributed by atoms with E-state index in [0.29, 0.717) is 13.1 Å². The molecule has 7 heteroatoms. The van der Waals surface area contributed by atoms with Gasteiger partial charge in [-0.05, 0) is 7.05 Å². The molecule has 1 aromatic rings. The maximum atomic E-state index is 11.0. The second-order valence-electron chi connectivity index (χ2n) is 2.67. The number of thiazole rings is 1. The normalized spacial score (nSPS) is 11.8. The van der Waals surface area contributed by atoms with Gasteiger partial charge in [-0.2, -0.15) is 0 Å². The lowest BCUT2D eigenvalue weighted by atomic mass is 10.5. The van der Waals surface area contributed by atoms with E-state index in [-0.39, 0.29) is 5.75 Å². The van der Waals surface area contributed by atoms with Crippen molar-refractivity contribution in [3.63, 3.8) is 0 Å². The van der Waals surface area contributed by atoms with E-state index < -0.39 is 10.0 Å². The van der Waals surface area contributed by atoms with Gasteiger partial charge in [0, 0.05) is 24.2 Å². The molecule has 1 aromatic heterocycles. The Hall–Kier alpha value is -0.500. The predicted molar refractivity (Wildman–Crippen MR) is 56.7 cm³/mol. The quantitative estimate of drug-likeness (QED) is 0.669. The second-order valence-corrected chi connectivity index (χ2v) is 5.68. The minimum absolute atomic E-state index is 0.0995. The lowest BCUT2D eigenvalue weighted by Gasteiger charge is -2.03. The summed E-state index contributed by atoms with van der Waals surface area (Å²) in [4.78, 5) is 5.02. The lowest BCUT2D eigenvalue weighted by Crippen LogP contribution is -2.29. The van der Waals surface area contributed by atoms with Gasteiger partial charge in [-0.15, -0.1) is 11.3 Å². The van der Waals surface area contributed by atoms with Gasteiger partial charge in [0.1, 0.15) is 0 Å². The van der Waals surface area contributed by atoms with Crippen molar-refractivity contribution < 1.29 is 8.42 Å². The van der Waals surface area contributed by atoms with Crippen LogP contribution in [-0.4, -0.2) is 32.7 Å². The van der Waals surface area contributed by atoms with Gasteiger partial charge in [0.05, 0.1) is 11.3 Å². The molecule has 0 spiro atoms. The summed E-state index contributed by atoms with van der Waals surface area (Å²) in [6.07, 6.45) is 1.77. The highest BCUT2D eigenvalue weighted by Crippen LogP contribution is 2.03. The monoisotopic (exact) mass is 235 g/mol. The number of rotatable bonds is 6. The first-order valence-electron chi connectivity index (χ1n) is 4.13. The SMILES string of the molecule is CNS(=O)(=O)CCNCc1cncs1. The van der Waals surface area contributed by atoms with Crippen molar-refractivity contribution in [3.8, 4) is 0 Å². The largest absolute Gasteiger partial charge is 0.311 e. The van der Waals surface area contributed by atoms with Crippen LogP contribution in [0.1, 0.15) is 4.88 Å². The van der Waals surface area contributed by atoms with Gasteiger partial charge >= 0.3 is 0 Å². The molecule has 0 aliphatic rings. The highest BCUT2D eigenvalue weighted by atomic mass is 32.2. The molecule has 0 aromatic carbocycles. The summed E-state index contributed by atoms with van der Waals surface area (Å²) in [5.41, 5.74) is 1.75. The number of sulfonamides is 1. The lowest BCUT2D eigenvalue weighted by molar-refractivity contribution is 0.583. The number of hydrogen-bond donors (Lipinski definition) is 2. The molecule has 0 aliphatic carbocycles. The fourth-order valence-electron chi connectivity index (χ4n) is 0.850. The summed E-state index contributed by atoms with van der Waals surface area (Å²) in [7, 11) is -1.67. The van der Waals surface area contributed by atoms with Crippen LogP contribution in [0.4, 0.5) is 0 Å². The topological polar surface area (TPSA) is 71.1 Å². The molecule has 0 amide bonds. The van der Waals surface area contributed by atoms with E-state index in [9.17, 15) is 8.42 Å². The Balaban J connectivity index is 2.17. The Morgan fingerprint density at radius 3 is 2.93 bits per heavy atom. The third-order valence-electron chi connectivity index (χ3n) is 1.64. The average Bonchev–Trinajstić information content (AvgIpc) is 2.65. The first-order chi connectivity index (χ1) is 6.64. The van der Waals surface area contributed by atoms with Crippen LogP contribution in [0.25, 0.3) is 0 Å². The molecule has 0 bridgehead atoms. The third-order valence-corrected chi connectivity index (χ3v) is 3.78. The summed E-state index contributed by atoms with van der Waals surface area (Å²) < 4.78 is 24.3. The van der Waals surface area contributed by atoms with Crippen LogP contribution in [0.3, 0.4) is 0 Å². The molecule has 1 rings (SSSR count). The molecule has 0 atom stereocenters. The molecule has 0 saturated heterocycles. The van der Waals surface area contributed by atoms with Crippen LogP contribution in [0.2, 0.25) is 0 Å². The summed E-state index contributed by atoms with van der Waals surface area (Å²) in [5, 5.41) is 3.03. The zero-order valence-corrected chi connectivity index (χ0v) is 9.49. The summed E-state index contributed by atoms with van der Waals surface area (Å²) in [6.45, 7) is 1.12.